The number of rotatable bonds is 6. The van der Waals surface area contributed by atoms with Crippen molar-refractivity contribution in [1.29, 1.82) is 0 Å². The highest BCUT2D eigenvalue weighted by Crippen LogP contribution is 2.44. The lowest BCUT2D eigenvalue weighted by Crippen LogP contribution is -2.39. The third kappa shape index (κ3) is 3.49. The molecule has 0 amide bonds. The first-order valence-corrected chi connectivity index (χ1v) is 8.93. The van der Waals surface area contributed by atoms with Gasteiger partial charge in [0.25, 0.3) is 0 Å². The number of nitrogens with one attached hydrogen (secondary N) is 1. The van der Waals surface area contributed by atoms with E-state index in [1.165, 1.54) is 58.2 Å². The number of nitrogens with zero attached hydrogens (tertiary/aromatic N) is 1. The van der Waals surface area contributed by atoms with Gasteiger partial charge in [-0.05, 0) is 68.0 Å². The van der Waals surface area contributed by atoms with E-state index in [1.54, 1.807) is 11.1 Å². The molecule has 0 saturated heterocycles. The van der Waals surface area contributed by atoms with Crippen molar-refractivity contribution in [2.45, 2.75) is 51.1 Å². The summed E-state index contributed by atoms with van der Waals surface area (Å²) in [5, 5.41) is 3.89. The molecule has 4 rings (SSSR count). The van der Waals surface area contributed by atoms with Crippen LogP contribution in [0.5, 0.6) is 0 Å². The Balaban J connectivity index is 1.28. The molecule has 3 aliphatic rings. The van der Waals surface area contributed by atoms with E-state index in [1.807, 2.05) is 0 Å². The van der Waals surface area contributed by atoms with Crippen LogP contribution < -0.4 is 5.32 Å². The minimum atomic E-state index is 0.851. The van der Waals surface area contributed by atoms with Gasteiger partial charge < -0.3 is 5.32 Å². The zero-order valence-electron chi connectivity index (χ0n) is 13.1. The lowest BCUT2D eigenvalue weighted by atomic mass is 10.0. The largest absolute Gasteiger partial charge is 0.312 e. The Morgan fingerprint density at radius 1 is 1.05 bits per heavy atom. The minimum absolute atomic E-state index is 0.851. The predicted octanol–water partition coefficient (Wildman–Crippen LogP) is 3.21. The molecule has 2 aliphatic carbocycles. The third-order valence-corrected chi connectivity index (χ3v) is 5.50. The molecule has 0 unspecified atom stereocenters. The second-order valence-electron chi connectivity index (χ2n) is 7.30. The highest BCUT2D eigenvalue weighted by Gasteiger charge is 2.40. The van der Waals surface area contributed by atoms with Crippen LogP contribution >= 0.6 is 0 Å². The van der Waals surface area contributed by atoms with E-state index in [2.05, 4.69) is 34.5 Å². The van der Waals surface area contributed by atoms with Gasteiger partial charge in [-0.15, -0.1) is 0 Å². The maximum absolute atomic E-state index is 3.89. The van der Waals surface area contributed by atoms with Crippen LogP contribution in [0.3, 0.4) is 0 Å². The van der Waals surface area contributed by atoms with E-state index in [9.17, 15) is 0 Å². The molecule has 0 atom stereocenters. The highest BCUT2D eigenvalue weighted by molar-refractivity contribution is 5.28. The fourth-order valence-electron chi connectivity index (χ4n) is 3.98. The topological polar surface area (TPSA) is 15.3 Å². The Hall–Kier alpha value is -0.860. The van der Waals surface area contributed by atoms with Crippen molar-refractivity contribution in [3.8, 4) is 0 Å². The number of hydrogen-bond acceptors (Lipinski definition) is 2. The molecule has 2 saturated carbocycles. The van der Waals surface area contributed by atoms with Crippen molar-refractivity contribution in [3.63, 3.8) is 0 Å². The van der Waals surface area contributed by atoms with Crippen molar-refractivity contribution in [2.24, 2.45) is 11.8 Å². The zero-order valence-corrected chi connectivity index (χ0v) is 13.1. The summed E-state index contributed by atoms with van der Waals surface area (Å²) in [5.41, 5.74) is 3.12. The third-order valence-electron chi connectivity index (χ3n) is 5.50. The van der Waals surface area contributed by atoms with Gasteiger partial charge in [0.1, 0.15) is 0 Å². The van der Waals surface area contributed by atoms with Gasteiger partial charge in [-0.3, -0.25) is 4.90 Å². The Morgan fingerprint density at radius 3 is 2.48 bits per heavy atom. The predicted molar refractivity (Wildman–Crippen MR) is 87.3 cm³/mol. The van der Waals surface area contributed by atoms with Gasteiger partial charge in [0, 0.05) is 25.7 Å². The normalized spacial score (nSPS) is 23.1. The molecule has 114 valence electrons. The molecule has 2 nitrogen and oxygen atoms in total. The second-order valence-corrected chi connectivity index (χ2v) is 7.30. The highest BCUT2D eigenvalue weighted by atomic mass is 15.1. The first-order valence-electron chi connectivity index (χ1n) is 8.93. The Morgan fingerprint density at radius 2 is 1.76 bits per heavy atom. The SMILES string of the molecule is c1ccc2c(c1)CCCN(CCNC(C1CC1)C1CC1)C2. The summed E-state index contributed by atoms with van der Waals surface area (Å²) in [7, 11) is 0. The van der Waals surface area contributed by atoms with Crippen molar-refractivity contribution >= 4 is 0 Å². The first kappa shape index (κ1) is 13.8. The molecule has 1 aliphatic heterocycles. The molecule has 0 spiro atoms. The Labute approximate surface area is 128 Å². The van der Waals surface area contributed by atoms with Crippen LogP contribution in [-0.4, -0.2) is 30.6 Å². The molecule has 1 aromatic rings. The number of aryl methyl sites for hydroxylation is 1. The standard InChI is InChI=1S/C19H28N2/c1-2-5-18-14-21(12-3-6-15(18)4-1)13-11-20-19(16-7-8-16)17-9-10-17/h1-2,4-5,16-17,19-20H,3,6-14H2. The molecule has 0 bridgehead atoms. The fraction of sp³-hybridized carbons (Fsp3) is 0.684. The summed E-state index contributed by atoms with van der Waals surface area (Å²) in [6.45, 7) is 4.80. The molecule has 1 N–H and O–H groups in total. The lowest BCUT2D eigenvalue weighted by Gasteiger charge is -2.23. The fourth-order valence-corrected chi connectivity index (χ4v) is 3.98. The molecular formula is C19H28N2. The van der Waals surface area contributed by atoms with Crippen molar-refractivity contribution < 1.29 is 0 Å². The van der Waals surface area contributed by atoms with E-state index in [-0.39, 0.29) is 0 Å². The van der Waals surface area contributed by atoms with E-state index in [0.29, 0.717) is 0 Å². The maximum atomic E-state index is 3.89. The summed E-state index contributed by atoms with van der Waals surface area (Å²) >= 11 is 0. The van der Waals surface area contributed by atoms with Gasteiger partial charge in [-0.25, -0.2) is 0 Å². The van der Waals surface area contributed by atoms with Gasteiger partial charge in [0.2, 0.25) is 0 Å². The van der Waals surface area contributed by atoms with E-state index >= 15 is 0 Å². The van der Waals surface area contributed by atoms with Crippen molar-refractivity contribution in [1.82, 2.24) is 10.2 Å². The van der Waals surface area contributed by atoms with E-state index in [4.69, 9.17) is 0 Å². The molecule has 0 aromatic heterocycles. The molecule has 21 heavy (non-hydrogen) atoms. The van der Waals surface area contributed by atoms with Crippen LogP contribution in [-0.2, 0) is 13.0 Å². The Kier molecular flexibility index (Phi) is 4.00. The van der Waals surface area contributed by atoms with Crippen LogP contribution in [0.2, 0.25) is 0 Å². The summed E-state index contributed by atoms with van der Waals surface area (Å²) in [6.07, 6.45) is 8.48. The molecule has 2 fully saturated rings. The van der Waals surface area contributed by atoms with Crippen LogP contribution in [0.1, 0.15) is 43.2 Å². The van der Waals surface area contributed by atoms with Crippen molar-refractivity contribution in [3.05, 3.63) is 35.4 Å². The maximum Gasteiger partial charge on any atom is 0.0237 e. The van der Waals surface area contributed by atoms with Crippen LogP contribution in [0, 0.1) is 11.8 Å². The van der Waals surface area contributed by atoms with Gasteiger partial charge >= 0.3 is 0 Å². The lowest BCUT2D eigenvalue weighted by molar-refractivity contribution is 0.259. The number of hydrogen-bond donors (Lipinski definition) is 1. The van der Waals surface area contributed by atoms with Gasteiger partial charge in [-0.2, -0.15) is 0 Å². The van der Waals surface area contributed by atoms with Gasteiger partial charge in [-0.1, -0.05) is 24.3 Å². The first-order chi connectivity index (χ1) is 10.4. The summed E-state index contributed by atoms with van der Waals surface area (Å²) in [5.74, 6) is 2.03. The number of benzene rings is 1. The number of fused-ring (bicyclic) bond motifs is 1. The molecular weight excluding hydrogens is 256 g/mol. The Bertz CT molecular complexity index is 464. The average Bonchev–Trinajstić information content (AvgIpc) is 3.39. The summed E-state index contributed by atoms with van der Waals surface area (Å²) in [6, 6.07) is 9.86. The minimum Gasteiger partial charge on any atom is -0.312 e. The molecule has 1 aromatic carbocycles. The summed E-state index contributed by atoms with van der Waals surface area (Å²) in [4.78, 5) is 2.65. The van der Waals surface area contributed by atoms with Crippen LogP contribution in [0.4, 0.5) is 0 Å². The van der Waals surface area contributed by atoms with Gasteiger partial charge in [0.05, 0.1) is 0 Å². The second kappa shape index (κ2) is 6.10. The quantitative estimate of drug-likeness (QED) is 0.863. The molecule has 0 radical (unpaired) electrons. The average molecular weight is 284 g/mol. The molecule has 2 heteroatoms. The van der Waals surface area contributed by atoms with Crippen LogP contribution in [0.15, 0.2) is 24.3 Å². The van der Waals surface area contributed by atoms with Crippen molar-refractivity contribution in [2.75, 3.05) is 19.6 Å². The zero-order chi connectivity index (χ0) is 14.1. The summed E-state index contributed by atoms with van der Waals surface area (Å²) < 4.78 is 0. The van der Waals surface area contributed by atoms with E-state index in [0.717, 1.165) is 24.4 Å². The smallest absolute Gasteiger partial charge is 0.0237 e. The van der Waals surface area contributed by atoms with E-state index < -0.39 is 0 Å². The molecule has 1 heterocycles. The van der Waals surface area contributed by atoms with Crippen LogP contribution in [0.25, 0.3) is 0 Å². The van der Waals surface area contributed by atoms with Gasteiger partial charge in [0.15, 0.2) is 0 Å². The monoisotopic (exact) mass is 284 g/mol.